The van der Waals surface area contributed by atoms with Gasteiger partial charge in [0, 0.05) is 42.0 Å². The van der Waals surface area contributed by atoms with Gasteiger partial charge in [0.15, 0.2) is 0 Å². The fraction of sp³-hybridized carbons (Fsp3) is 0.429. The van der Waals surface area contributed by atoms with E-state index in [0.29, 0.717) is 12.1 Å². The van der Waals surface area contributed by atoms with Crippen molar-refractivity contribution >= 4 is 63.4 Å². The molecule has 1 aliphatic rings. The highest BCUT2D eigenvalue weighted by molar-refractivity contribution is 7.56. The monoisotopic (exact) mass is 524 g/mol. The average molecular weight is 524 g/mol. The maximum absolute atomic E-state index is 4.76. The maximum Gasteiger partial charge on any atom is 0.138 e. The molecule has 0 radical (unpaired) electrons. The molecule has 0 bridgehead atoms. The van der Waals surface area contributed by atoms with Crippen LogP contribution in [0.2, 0.25) is 0 Å². The first kappa shape index (κ1) is 24.5. The fourth-order valence-corrected chi connectivity index (χ4v) is 5.54. The van der Waals surface area contributed by atoms with Gasteiger partial charge in [-0.1, -0.05) is 12.6 Å². The van der Waals surface area contributed by atoms with Crippen LogP contribution in [0.25, 0.3) is 11.3 Å². The highest BCUT2D eigenvalue weighted by atomic mass is 31.1. The molecule has 5 unspecified atom stereocenters. The van der Waals surface area contributed by atoms with E-state index in [9.17, 15) is 0 Å². The van der Waals surface area contributed by atoms with Crippen molar-refractivity contribution in [2.75, 3.05) is 5.32 Å². The standard InChI is InChI=1S/C21H33N6P5/c1-12(15-10-22-26(2)19(15)20(28)29)23-13-6-8-14(9-7-13)24-17-4-3-5-18-25-16(11-27(17)18)21(30,31)32/h3-5,10-11,13-14,20,23-24H,1,6-9,28-32H2,2H3. The number of hydrogen-bond acceptors (Lipinski definition) is 4. The first-order valence-electron chi connectivity index (χ1n) is 10.7. The lowest BCUT2D eigenvalue weighted by atomic mass is 9.90. The van der Waals surface area contributed by atoms with Crippen LogP contribution in [0.1, 0.15) is 48.0 Å². The number of anilines is 1. The van der Waals surface area contributed by atoms with Crippen LogP contribution in [0.3, 0.4) is 0 Å². The van der Waals surface area contributed by atoms with Crippen LogP contribution in [0.4, 0.5) is 5.82 Å². The van der Waals surface area contributed by atoms with Gasteiger partial charge in [-0.3, -0.25) is 9.08 Å². The minimum absolute atomic E-state index is 0.212. The van der Waals surface area contributed by atoms with Gasteiger partial charge in [0.1, 0.15) is 11.5 Å². The predicted octanol–water partition coefficient (Wildman–Crippen LogP) is 4.54. The third kappa shape index (κ3) is 5.37. The zero-order valence-electron chi connectivity index (χ0n) is 18.3. The van der Waals surface area contributed by atoms with Crippen LogP contribution < -0.4 is 10.6 Å². The molecule has 0 amide bonds. The highest BCUT2D eigenvalue weighted by Crippen LogP contribution is 2.44. The Morgan fingerprint density at radius 2 is 1.84 bits per heavy atom. The first-order valence-corrected chi connectivity index (χ1v) is 13.8. The number of nitrogens with one attached hydrogen (secondary N) is 2. The molecular formula is C21H33N6P5. The van der Waals surface area contributed by atoms with Crippen molar-refractivity contribution in [2.45, 2.75) is 47.8 Å². The summed E-state index contributed by atoms with van der Waals surface area (Å²) in [6, 6.07) is 7.13. The van der Waals surface area contributed by atoms with Crippen molar-refractivity contribution in [3.8, 4) is 0 Å². The number of fused-ring (bicyclic) bond motifs is 1. The van der Waals surface area contributed by atoms with E-state index < -0.39 is 0 Å². The summed E-state index contributed by atoms with van der Waals surface area (Å²) in [5.41, 5.74) is 5.18. The third-order valence-corrected chi connectivity index (χ3v) is 7.54. The van der Waals surface area contributed by atoms with Gasteiger partial charge in [-0.05, 0) is 37.8 Å². The van der Waals surface area contributed by atoms with Crippen LogP contribution >= 0.6 is 46.2 Å². The van der Waals surface area contributed by atoms with Crippen molar-refractivity contribution in [3.63, 3.8) is 0 Å². The number of nitrogens with zero attached hydrogens (tertiary/aromatic N) is 4. The molecule has 3 heterocycles. The Hall–Kier alpha value is -0.610. The third-order valence-electron chi connectivity index (χ3n) is 6.02. The van der Waals surface area contributed by atoms with Crippen LogP contribution in [0, 0.1) is 0 Å². The molecule has 0 saturated heterocycles. The van der Waals surface area contributed by atoms with E-state index in [-0.39, 0.29) is 10.0 Å². The van der Waals surface area contributed by atoms with E-state index in [1.54, 1.807) is 0 Å². The summed E-state index contributed by atoms with van der Waals surface area (Å²) >= 11 is 0. The number of hydrogen-bond donors (Lipinski definition) is 2. The lowest BCUT2D eigenvalue weighted by Crippen LogP contribution is -2.36. The molecule has 172 valence electrons. The van der Waals surface area contributed by atoms with E-state index >= 15 is 0 Å². The number of pyridine rings is 1. The molecular weight excluding hydrogens is 491 g/mol. The molecule has 3 aromatic rings. The minimum Gasteiger partial charge on any atom is -0.382 e. The van der Waals surface area contributed by atoms with Crippen molar-refractivity contribution in [1.29, 1.82) is 0 Å². The molecule has 1 saturated carbocycles. The second-order valence-electron chi connectivity index (χ2n) is 8.61. The maximum atomic E-state index is 4.76. The highest BCUT2D eigenvalue weighted by Gasteiger charge is 2.24. The van der Waals surface area contributed by atoms with Gasteiger partial charge in [-0.25, -0.2) is 4.98 Å². The minimum atomic E-state index is -0.212. The Kier molecular flexibility index (Phi) is 7.61. The summed E-state index contributed by atoms with van der Waals surface area (Å²) in [7, 11) is 16.0. The summed E-state index contributed by atoms with van der Waals surface area (Å²) in [6.07, 6.45) is 8.45. The van der Waals surface area contributed by atoms with Crippen molar-refractivity contribution in [3.05, 3.63) is 54.1 Å². The summed E-state index contributed by atoms with van der Waals surface area (Å²) in [6.45, 7) is 4.30. The largest absolute Gasteiger partial charge is 0.382 e. The van der Waals surface area contributed by atoms with Crippen LogP contribution in [-0.2, 0) is 11.7 Å². The van der Waals surface area contributed by atoms with E-state index in [1.807, 2.05) is 24.0 Å². The zero-order valence-corrected chi connectivity index (χ0v) is 24.1. The van der Waals surface area contributed by atoms with Gasteiger partial charge in [-0.15, -0.1) is 46.2 Å². The lowest BCUT2D eigenvalue weighted by molar-refractivity contribution is 0.383. The van der Waals surface area contributed by atoms with Crippen LogP contribution in [0.5, 0.6) is 0 Å². The summed E-state index contributed by atoms with van der Waals surface area (Å²) in [5.74, 6) is 1.10. The topological polar surface area (TPSA) is 59.2 Å². The smallest absolute Gasteiger partial charge is 0.138 e. The molecule has 0 aliphatic heterocycles. The van der Waals surface area contributed by atoms with E-state index in [1.165, 1.54) is 0 Å². The predicted molar refractivity (Wildman–Crippen MR) is 153 cm³/mol. The molecule has 6 nitrogen and oxygen atoms in total. The SMILES string of the molecule is C=C(NC1CCC(Nc2cccc3nc(C(P)(P)P)cn23)CC1)c1cnn(C)c1C(P)P. The normalized spacial score (nSPS) is 19.5. The Balaban J connectivity index is 1.38. The van der Waals surface area contributed by atoms with Gasteiger partial charge in [0.05, 0.1) is 22.2 Å². The number of imidazole rings is 1. The lowest BCUT2D eigenvalue weighted by Gasteiger charge is -2.31. The number of rotatable bonds is 7. The Morgan fingerprint density at radius 1 is 1.16 bits per heavy atom. The van der Waals surface area contributed by atoms with Crippen LogP contribution in [-0.4, -0.2) is 31.2 Å². The number of aromatic nitrogens is 4. The van der Waals surface area contributed by atoms with Gasteiger partial charge < -0.3 is 10.6 Å². The fourth-order valence-electron chi connectivity index (χ4n) is 4.33. The summed E-state index contributed by atoms with van der Waals surface area (Å²) in [4.78, 5) is 4.76. The van der Waals surface area contributed by atoms with Crippen molar-refractivity contribution < 1.29 is 0 Å². The molecule has 0 aromatic carbocycles. The number of aryl methyl sites for hydroxylation is 1. The van der Waals surface area contributed by atoms with E-state index in [4.69, 9.17) is 4.98 Å². The van der Waals surface area contributed by atoms with E-state index in [0.717, 1.165) is 59.8 Å². The Labute approximate surface area is 202 Å². The van der Waals surface area contributed by atoms with Gasteiger partial charge >= 0.3 is 0 Å². The molecule has 5 atom stereocenters. The van der Waals surface area contributed by atoms with E-state index in [2.05, 4.69) is 91.2 Å². The average Bonchev–Trinajstić information content (AvgIpc) is 3.34. The van der Waals surface area contributed by atoms with Gasteiger partial charge in [0.2, 0.25) is 0 Å². The molecule has 1 fully saturated rings. The van der Waals surface area contributed by atoms with Gasteiger partial charge in [0.25, 0.3) is 0 Å². The quantitative estimate of drug-likeness (QED) is 0.446. The molecule has 11 heteroatoms. The molecule has 2 N–H and O–H groups in total. The molecule has 3 aromatic heterocycles. The van der Waals surface area contributed by atoms with Crippen molar-refractivity contribution in [1.82, 2.24) is 24.5 Å². The molecule has 4 rings (SSSR count). The second-order valence-corrected chi connectivity index (χ2v) is 15.7. The van der Waals surface area contributed by atoms with Crippen molar-refractivity contribution in [2.24, 2.45) is 7.05 Å². The summed E-state index contributed by atoms with van der Waals surface area (Å²) < 4.78 is 3.86. The van der Waals surface area contributed by atoms with Crippen LogP contribution in [0.15, 0.2) is 37.2 Å². The molecule has 1 aliphatic carbocycles. The molecule has 32 heavy (non-hydrogen) atoms. The first-order chi connectivity index (χ1) is 15.1. The Morgan fingerprint density at radius 3 is 2.50 bits per heavy atom. The van der Waals surface area contributed by atoms with Gasteiger partial charge in [-0.2, -0.15) is 5.10 Å². The Bertz CT molecular complexity index is 1110. The zero-order chi connectivity index (χ0) is 23.0. The molecule has 0 spiro atoms. The summed E-state index contributed by atoms with van der Waals surface area (Å²) in [5, 5.41) is 12.1. The second kappa shape index (κ2) is 9.94.